The van der Waals surface area contributed by atoms with Crippen molar-refractivity contribution >= 4 is 5.91 Å². The van der Waals surface area contributed by atoms with Gasteiger partial charge in [-0.25, -0.2) is 0 Å². The summed E-state index contributed by atoms with van der Waals surface area (Å²) in [6.07, 6.45) is 4.69. The summed E-state index contributed by atoms with van der Waals surface area (Å²) >= 11 is 0. The van der Waals surface area contributed by atoms with Gasteiger partial charge in [-0.15, -0.1) is 0 Å². The van der Waals surface area contributed by atoms with Gasteiger partial charge in [-0.05, 0) is 43.4 Å². The van der Waals surface area contributed by atoms with Gasteiger partial charge in [0.25, 0.3) is 0 Å². The van der Waals surface area contributed by atoms with Crippen LogP contribution in [0.5, 0.6) is 0 Å². The van der Waals surface area contributed by atoms with Crippen LogP contribution in [0.4, 0.5) is 0 Å². The highest BCUT2D eigenvalue weighted by atomic mass is 16.2. The summed E-state index contributed by atoms with van der Waals surface area (Å²) < 4.78 is 0. The van der Waals surface area contributed by atoms with Gasteiger partial charge in [0.15, 0.2) is 0 Å². The number of hydrogen-bond donors (Lipinski definition) is 1. The van der Waals surface area contributed by atoms with Crippen LogP contribution in [-0.4, -0.2) is 29.6 Å². The van der Waals surface area contributed by atoms with Crippen molar-refractivity contribution in [1.29, 1.82) is 0 Å². The third-order valence-corrected chi connectivity index (χ3v) is 4.58. The monoisotopic (exact) mass is 252 g/mol. The number of carbonyl (C=O) groups excluding carboxylic acids is 1. The van der Waals surface area contributed by atoms with Crippen molar-refractivity contribution in [1.82, 2.24) is 10.2 Å². The topological polar surface area (TPSA) is 32.3 Å². The van der Waals surface area contributed by atoms with Crippen molar-refractivity contribution in [3.05, 3.63) is 0 Å². The Hall–Kier alpha value is -0.570. The number of nitrogens with one attached hydrogen (secondary N) is 1. The zero-order valence-corrected chi connectivity index (χ0v) is 12.3. The van der Waals surface area contributed by atoms with Crippen molar-refractivity contribution < 1.29 is 4.79 Å². The first-order valence-corrected chi connectivity index (χ1v) is 7.53. The van der Waals surface area contributed by atoms with E-state index in [2.05, 4.69) is 37.9 Å². The normalized spacial score (nSPS) is 37.6. The van der Waals surface area contributed by atoms with Crippen molar-refractivity contribution in [2.75, 3.05) is 6.67 Å². The van der Waals surface area contributed by atoms with E-state index in [9.17, 15) is 4.79 Å². The van der Waals surface area contributed by atoms with E-state index in [1.165, 1.54) is 19.3 Å². The second-order valence-corrected chi connectivity index (χ2v) is 6.82. The van der Waals surface area contributed by atoms with E-state index < -0.39 is 0 Å². The molecule has 0 radical (unpaired) electrons. The zero-order chi connectivity index (χ0) is 13.3. The van der Waals surface area contributed by atoms with Crippen molar-refractivity contribution in [2.45, 2.75) is 65.5 Å². The van der Waals surface area contributed by atoms with Crippen LogP contribution in [0, 0.1) is 17.8 Å². The maximum absolute atomic E-state index is 12.4. The Morgan fingerprint density at radius 2 is 2.06 bits per heavy atom. The Labute approximate surface area is 111 Å². The summed E-state index contributed by atoms with van der Waals surface area (Å²) in [5, 5.41) is 3.39. The minimum Gasteiger partial charge on any atom is -0.325 e. The summed E-state index contributed by atoms with van der Waals surface area (Å²) in [5.41, 5.74) is 0. The van der Waals surface area contributed by atoms with Crippen LogP contribution in [0.2, 0.25) is 0 Å². The van der Waals surface area contributed by atoms with Crippen LogP contribution < -0.4 is 5.32 Å². The van der Waals surface area contributed by atoms with Crippen LogP contribution in [0.1, 0.15) is 53.4 Å². The van der Waals surface area contributed by atoms with Gasteiger partial charge >= 0.3 is 0 Å². The first kappa shape index (κ1) is 13.9. The standard InChI is InChI=1S/C15H28N2O/c1-10(2)7-13-15(18)17(9-16-13)14-6-5-11(3)8-12(14)4/h10-14,16H,5-9H2,1-4H3. The summed E-state index contributed by atoms with van der Waals surface area (Å²) in [5.74, 6) is 2.40. The Balaban J connectivity index is 1.96. The molecule has 1 N–H and O–H groups in total. The highest BCUT2D eigenvalue weighted by Crippen LogP contribution is 2.33. The fourth-order valence-corrected chi connectivity index (χ4v) is 3.62. The van der Waals surface area contributed by atoms with Crippen molar-refractivity contribution in [2.24, 2.45) is 17.8 Å². The quantitative estimate of drug-likeness (QED) is 0.837. The molecule has 104 valence electrons. The molecule has 2 rings (SSSR count). The predicted molar refractivity (Wildman–Crippen MR) is 74.1 cm³/mol. The van der Waals surface area contributed by atoms with Crippen LogP contribution in [-0.2, 0) is 4.79 Å². The zero-order valence-electron chi connectivity index (χ0n) is 12.3. The largest absolute Gasteiger partial charge is 0.325 e. The van der Waals surface area contributed by atoms with Gasteiger partial charge in [0.1, 0.15) is 0 Å². The van der Waals surface area contributed by atoms with Crippen LogP contribution >= 0.6 is 0 Å². The van der Waals surface area contributed by atoms with E-state index in [1.54, 1.807) is 0 Å². The molecule has 4 atom stereocenters. The van der Waals surface area contributed by atoms with Crippen molar-refractivity contribution in [3.63, 3.8) is 0 Å². The van der Waals surface area contributed by atoms with Gasteiger partial charge in [-0.2, -0.15) is 0 Å². The van der Waals surface area contributed by atoms with E-state index in [4.69, 9.17) is 0 Å². The molecular weight excluding hydrogens is 224 g/mol. The van der Waals surface area contributed by atoms with E-state index >= 15 is 0 Å². The van der Waals surface area contributed by atoms with Crippen molar-refractivity contribution in [3.8, 4) is 0 Å². The van der Waals surface area contributed by atoms with Gasteiger partial charge in [0.2, 0.25) is 5.91 Å². The molecular formula is C15H28N2O. The summed E-state index contributed by atoms with van der Waals surface area (Å²) in [4.78, 5) is 14.5. The Bertz CT molecular complexity index is 303. The lowest BCUT2D eigenvalue weighted by Gasteiger charge is -2.38. The first-order valence-electron chi connectivity index (χ1n) is 7.53. The molecule has 3 nitrogen and oxygen atoms in total. The number of nitrogens with zero attached hydrogens (tertiary/aromatic N) is 1. The van der Waals surface area contributed by atoms with E-state index in [-0.39, 0.29) is 6.04 Å². The van der Waals surface area contributed by atoms with Crippen LogP contribution in [0.3, 0.4) is 0 Å². The first-order chi connectivity index (χ1) is 8.49. The van der Waals surface area contributed by atoms with E-state index in [0.717, 1.165) is 19.0 Å². The molecule has 0 bridgehead atoms. The Morgan fingerprint density at radius 3 is 2.67 bits per heavy atom. The molecule has 1 aliphatic heterocycles. The highest BCUT2D eigenvalue weighted by molar-refractivity contribution is 5.84. The molecule has 2 aliphatic rings. The van der Waals surface area contributed by atoms with Gasteiger partial charge in [0, 0.05) is 6.04 Å². The van der Waals surface area contributed by atoms with Gasteiger partial charge < -0.3 is 4.90 Å². The molecule has 2 fully saturated rings. The number of carbonyl (C=O) groups is 1. The SMILES string of the molecule is CC(C)CC1NCN(C2CCC(C)CC2C)C1=O. The molecule has 1 heterocycles. The van der Waals surface area contributed by atoms with Crippen LogP contribution in [0.15, 0.2) is 0 Å². The smallest absolute Gasteiger partial charge is 0.241 e. The fourth-order valence-electron chi connectivity index (χ4n) is 3.62. The lowest BCUT2D eigenvalue weighted by Crippen LogP contribution is -2.45. The maximum atomic E-state index is 12.4. The second-order valence-electron chi connectivity index (χ2n) is 6.82. The number of rotatable bonds is 3. The van der Waals surface area contributed by atoms with Gasteiger partial charge in [-0.1, -0.05) is 27.7 Å². The van der Waals surface area contributed by atoms with E-state index in [1.807, 2.05) is 0 Å². The summed E-state index contributed by atoms with van der Waals surface area (Å²) in [6, 6.07) is 0.537. The molecule has 3 heteroatoms. The molecule has 0 aromatic heterocycles. The lowest BCUT2D eigenvalue weighted by molar-refractivity contribution is -0.132. The average Bonchev–Trinajstić information content (AvgIpc) is 2.60. The fraction of sp³-hybridized carbons (Fsp3) is 0.933. The molecule has 1 aliphatic carbocycles. The molecule has 1 saturated carbocycles. The number of amides is 1. The lowest BCUT2D eigenvalue weighted by atomic mass is 9.79. The second kappa shape index (κ2) is 5.60. The molecule has 1 amide bonds. The minimum atomic E-state index is 0.0662. The third-order valence-electron chi connectivity index (χ3n) is 4.58. The molecule has 0 aromatic carbocycles. The third kappa shape index (κ3) is 2.87. The molecule has 18 heavy (non-hydrogen) atoms. The van der Waals surface area contributed by atoms with Gasteiger partial charge in [0.05, 0.1) is 12.7 Å². The molecule has 4 unspecified atom stereocenters. The average molecular weight is 252 g/mol. The molecule has 0 aromatic rings. The minimum absolute atomic E-state index is 0.0662. The van der Waals surface area contributed by atoms with E-state index in [0.29, 0.717) is 23.8 Å². The molecule has 1 saturated heterocycles. The summed E-state index contributed by atoms with van der Waals surface area (Å²) in [6.45, 7) is 9.77. The Kier molecular flexibility index (Phi) is 4.31. The predicted octanol–water partition coefficient (Wildman–Crippen LogP) is 2.62. The summed E-state index contributed by atoms with van der Waals surface area (Å²) in [7, 11) is 0. The highest BCUT2D eigenvalue weighted by Gasteiger charge is 2.39. The number of hydrogen-bond acceptors (Lipinski definition) is 2. The van der Waals surface area contributed by atoms with Crippen LogP contribution in [0.25, 0.3) is 0 Å². The Morgan fingerprint density at radius 1 is 1.33 bits per heavy atom. The molecule has 0 spiro atoms. The van der Waals surface area contributed by atoms with Gasteiger partial charge in [-0.3, -0.25) is 10.1 Å². The maximum Gasteiger partial charge on any atom is 0.241 e.